The van der Waals surface area contributed by atoms with Crippen molar-refractivity contribution in [3.8, 4) is 0 Å². The van der Waals surface area contributed by atoms with Crippen LogP contribution in [0.5, 0.6) is 0 Å². The number of carbonyl (C=O) groups excluding carboxylic acids is 1. The van der Waals surface area contributed by atoms with Crippen LogP contribution in [-0.2, 0) is 13.6 Å². The molecule has 1 aliphatic carbocycles. The van der Waals surface area contributed by atoms with Crippen LogP contribution in [0.15, 0.2) is 12.4 Å². The van der Waals surface area contributed by atoms with Crippen LogP contribution in [0.4, 0.5) is 0 Å². The van der Waals surface area contributed by atoms with Gasteiger partial charge in [0.25, 0.3) is 11.7 Å². The lowest BCUT2D eigenvalue weighted by Gasteiger charge is -2.20. The number of amides is 1. The summed E-state index contributed by atoms with van der Waals surface area (Å²) in [5.41, 5.74) is 0. The molecule has 2 aromatic heterocycles. The zero-order chi connectivity index (χ0) is 12.5. The molecule has 94 valence electrons. The number of aromatic nitrogens is 6. The molecule has 1 amide bonds. The van der Waals surface area contributed by atoms with Gasteiger partial charge in [-0.15, -0.1) is 10.2 Å². The predicted octanol–water partition coefficient (Wildman–Crippen LogP) is -0.262. The van der Waals surface area contributed by atoms with Crippen LogP contribution < -0.4 is 0 Å². The second kappa shape index (κ2) is 4.21. The molecule has 0 aromatic carbocycles. The summed E-state index contributed by atoms with van der Waals surface area (Å²) in [6.45, 7) is 0.474. The highest BCUT2D eigenvalue weighted by Gasteiger charge is 2.35. The topological polar surface area (TPSA) is 92.6 Å². The van der Waals surface area contributed by atoms with Crippen LogP contribution in [0.25, 0.3) is 0 Å². The summed E-state index contributed by atoms with van der Waals surface area (Å²) in [7, 11) is 1.91. The molecule has 2 aromatic rings. The van der Waals surface area contributed by atoms with E-state index in [0.29, 0.717) is 6.54 Å². The number of imidazole rings is 1. The van der Waals surface area contributed by atoms with Gasteiger partial charge in [0.15, 0.2) is 0 Å². The Kier molecular flexibility index (Phi) is 2.54. The zero-order valence-corrected chi connectivity index (χ0v) is 9.94. The minimum Gasteiger partial charge on any atom is -0.337 e. The van der Waals surface area contributed by atoms with Crippen LogP contribution in [0.2, 0.25) is 0 Å². The van der Waals surface area contributed by atoms with E-state index in [1.807, 2.05) is 17.8 Å². The van der Waals surface area contributed by atoms with Gasteiger partial charge < -0.3 is 9.47 Å². The standard InChI is InChI=1S/C10H13N7O/c1-16-5-4-11-8(16)6-17(7-2-3-7)10(18)9-12-14-15-13-9/h4-5,7H,2-3,6H2,1H3,(H,12,13,14,15). The number of rotatable bonds is 4. The number of nitrogens with one attached hydrogen (secondary N) is 1. The summed E-state index contributed by atoms with van der Waals surface area (Å²) < 4.78 is 1.90. The molecular formula is C10H13N7O. The molecule has 1 fully saturated rings. The Bertz CT molecular complexity index is 542. The highest BCUT2D eigenvalue weighted by atomic mass is 16.2. The molecule has 8 nitrogen and oxygen atoms in total. The van der Waals surface area contributed by atoms with Gasteiger partial charge in [-0.1, -0.05) is 0 Å². The van der Waals surface area contributed by atoms with Crippen LogP contribution in [0.3, 0.4) is 0 Å². The van der Waals surface area contributed by atoms with Gasteiger partial charge in [-0.05, 0) is 18.1 Å². The first-order valence-electron chi connectivity index (χ1n) is 5.76. The van der Waals surface area contributed by atoms with Crippen molar-refractivity contribution in [1.82, 2.24) is 35.1 Å². The van der Waals surface area contributed by atoms with E-state index in [-0.39, 0.29) is 17.8 Å². The second-order valence-corrected chi connectivity index (χ2v) is 4.35. The largest absolute Gasteiger partial charge is 0.337 e. The molecule has 0 bridgehead atoms. The number of aryl methyl sites for hydroxylation is 1. The van der Waals surface area contributed by atoms with Gasteiger partial charge in [-0.25, -0.2) is 4.98 Å². The van der Waals surface area contributed by atoms with Gasteiger partial charge >= 0.3 is 0 Å². The monoisotopic (exact) mass is 247 g/mol. The summed E-state index contributed by atoms with van der Waals surface area (Å²) >= 11 is 0. The van der Waals surface area contributed by atoms with Crippen LogP contribution >= 0.6 is 0 Å². The fourth-order valence-electron chi connectivity index (χ4n) is 1.83. The average Bonchev–Trinajstić information content (AvgIpc) is 2.90. The van der Waals surface area contributed by atoms with Gasteiger partial charge in [-0.2, -0.15) is 5.21 Å². The number of aromatic amines is 1. The molecule has 1 N–H and O–H groups in total. The third-order valence-electron chi connectivity index (χ3n) is 3.02. The van der Waals surface area contributed by atoms with E-state index in [2.05, 4.69) is 25.6 Å². The Hall–Kier alpha value is -2.25. The zero-order valence-electron chi connectivity index (χ0n) is 9.94. The minimum absolute atomic E-state index is 0.108. The Morgan fingerprint density at radius 2 is 2.44 bits per heavy atom. The number of nitrogens with zero attached hydrogens (tertiary/aromatic N) is 6. The molecule has 8 heteroatoms. The lowest BCUT2D eigenvalue weighted by molar-refractivity contribution is 0.0711. The fraction of sp³-hybridized carbons (Fsp3) is 0.500. The lowest BCUT2D eigenvalue weighted by Crippen LogP contribution is -2.34. The third kappa shape index (κ3) is 1.96. The van der Waals surface area contributed by atoms with Crippen molar-refractivity contribution in [2.24, 2.45) is 7.05 Å². The molecule has 0 unspecified atom stereocenters. The van der Waals surface area contributed by atoms with E-state index < -0.39 is 0 Å². The molecule has 18 heavy (non-hydrogen) atoms. The van der Waals surface area contributed by atoms with Crippen molar-refractivity contribution in [3.63, 3.8) is 0 Å². The smallest absolute Gasteiger partial charge is 0.296 e. The minimum atomic E-state index is -0.200. The van der Waals surface area contributed by atoms with Gasteiger partial charge in [0, 0.05) is 25.5 Å². The van der Waals surface area contributed by atoms with Crippen molar-refractivity contribution >= 4 is 5.91 Å². The van der Waals surface area contributed by atoms with Crippen molar-refractivity contribution in [3.05, 3.63) is 24.0 Å². The van der Waals surface area contributed by atoms with Crippen molar-refractivity contribution < 1.29 is 4.79 Å². The highest BCUT2D eigenvalue weighted by Crippen LogP contribution is 2.28. The molecule has 0 spiro atoms. The molecule has 0 aliphatic heterocycles. The molecule has 0 saturated heterocycles. The van der Waals surface area contributed by atoms with E-state index in [1.165, 1.54) is 0 Å². The van der Waals surface area contributed by atoms with Crippen molar-refractivity contribution in [1.29, 1.82) is 0 Å². The van der Waals surface area contributed by atoms with Crippen LogP contribution in [0.1, 0.15) is 29.3 Å². The Morgan fingerprint density at radius 1 is 1.61 bits per heavy atom. The van der Waals surface area contributed by atoms with E-state index >= 15 is 0 Å². The Balaban J connectivity index is 1.81. The quantitative estimate of drug-likeness (QED) is 0.803. The SMILES string of the molecule is Cn1ccnc1CN(C(=O)c1nn[nH]n1)C1CC1. The van der Waals surface area contributed by atoms with Crippen LogP contribution in [0, 0.1) is 0 Å². The number of hydrogen-bond donors (Lipinski definition) is 1. The molecule has 0 radical (unpaired) electrons. The third-order valence-corrected chi connectivity index (χ3v) is 3.02. The van der Waals surface area contributed by atoms with Gasteiger partial charge in [-0.3, -0.25) is 4.79 Å². The first kappa shape index (κ1) is 10.9. The van der Waals surface area contributed by atoms with Gasteiger partial charge in [0.1, 0.15) is 5.82 Å². The number of tetrazole rings is 1. The molecule has 3 rings (SSSR count). The molecule has 2 heterocycles. The summed E-state index contributed by atoms with van der Waals surface area (Å²) in [6.07, 6.45) is 5.63. The van der Waals surface area contributed by atoms with E-state index in [4.69, 9.17) is 0 Å². The number of carbonyl (C=O) groups is 1. The van der Waals surface area contributed by atoms with E-state index in [0.717, 1.165) is 18.7 Å². The molecule has 1 aliphatic rings. The Labute approximate surface area is 103 Å². The molecule has 1 saturated carbocycles. The van der Waals surface area contributed by atoms with E-state index in [9.17, 15) is 4.79 Å². The number of H-pyrrole nitrogens is 1. The number of hydrogen-bond acceptors (Lipinski definition) is 5. The fourth-order valence-corrected chi connectivity index (χ4v) is 1.83. The second-order valence-electron chi connectivity index (χ2n) is 4.35. The summed E-state index contributed by atoms with van der Waals surface area (Å²) in [6, 6.07) is 0.271. The molecular weight excluding hydrogens is 234 g/mol. The summed E-state index contributed by atoms with van der Waals surface area (Å²) in [5.74, 6) is 0.754. The van der Waals surface area contributed by atoms with Crippen molar-refractivity contribution in [2.75, 3.05) is 0 Å². The first-order chi connectivity index (χ1) is 8.75. The first-order valence-corrected chi connectivity index (χ1v) is 5.76. The Morgan fingerprint density at radius 3 is 3.00 bits per heavy atom. The average molecular weight is 247 g/mol. The van der Waals surface area contributed by atoms with Crippen molar-refractivity contribution in [2.45, 2.75) is 25.4 Å². The van der Waals surface area contributed by atoms with Gasteiger partial charge in [0.2, 0.25) is 0 Å². The maximum Gasteiger partial charge on any atom is 0.296 e. The van der Waals surface area contributed by atoms with E-state index in [1.54, 1.807) is 11.1 Å². The lowest BCUT2D eigenvalue weighted by atomic mass is 10.4. The van der Waals surface area contributed by atoms with Gasteiger partial charge in [0.05, 0.1) is 6.54 Å². The van der Waals surface area contributed by atoms with Crippen LogP contribution in [-0.4, -0.2) is 47.0 Å². The normalized spacial score (nSPS) is 14.7. The maximum atomic E-state index is 12.2. The maximum absolute atomic E-state index is 12.2. The summed E-state index contributed by atoms with van der Waals surface area (Å²) in [4.78, 5) is 18.2. The molecule has 0 atom stereocenters. The predicted molar refractivity (Wildman–Crippen MR) is 60.3 cm³/mol. The summed E-state index contributed by atoms with van der Waals surface area (Å²) in [5, 5.41) is 13.2. The highest BCUT2D eigenvalue weighted by molar-refractivity contribution is 5.90.